The number of ether oxygens (including phenoxy) is 2. The van der Waals surface area contributed by atoms with Crippen molar-refractivity contribution in [1.29, 1.82) is 0 Å². The average molecular weight is 388 g/mol. The molecule has 1 atom stereocenters. The summed E-state index contributed by atoms with van der Waals surface area (Å²) in [6.07, 6.45) is 2.95. The second-order valence-corrected chi connectivity index (χ2v) is 8.16. The van der Waals surface area contributed by atoms with Gasteiger partial charge < -0.3 is 18.8 Å². The summed E-state index contributed by atoms with van der Waals surface area (Å²) in [5, 5.41) is 0. The molecule has 1 heterocycles. The van der Waals surface area contributed by atoms with Crippen molar-refractivity contribution >= 4 is 13.1 Å². The van der Waals surface area contributed by atoms with E-state index in [9.17, 15) is 4.79 Å². The predicted octanol–water partition coefficient (Wildman–Crippen LogP) is 4.95. The summed E-state index contributed by atoms with van der Waals surface area (Å²) >= 11 is 0. The molecule has 0 aromatic heterocycles. The van der Waals surface area contributed by atoms with Gasteiger partial charge in [-0.3, -0.25) is 4.79 Å². The van der Waals surface area contributed by atoms with E-state index in [4.69, 9.17) is 18.8 Å². The van der Waals surface area contributed by atoms with E-state index < -0.39 is 0 Å². The van der Waals surface area contributed by atoms with Gasteiger partial charge in [-0.05, 0) is 46.8 Å². The third-order valence-corrected chi connectivity index (χ3v) is 5.35. The molecule has 0 N–H and O–H groups in total. The molecule has 28 heavy (non-hydrogen) atoms. The molecule has 1 aliphatic rings. The van der Waals surface area contributed by atoms with Crippen molar-refractivity contribution in [2.75, 3.05) is 6.61 Å². The smallest absolute Gasteiger partial charge is 0.465 e. The lowest BCUT2D eigenvalue weighted by Gasteiger charge is -2.32. The van der Waals surface area contributed by atoms with Crippen LogP contribution >= 0.6 is 0 Å². The fraction of sp³-hybridized carbons (Fsp3) is 0.591. The molecule has 1 aliphatic heterocycles. The number of benzene rings is 1. The monoisotopic (exact) mass is 388 g/mol. The molecule has 5 nitrogen and oxygen atoms in total. The maximum Gasteiger partial charge on any atom is 0.465 e. The second-order valence-electron chi connectivity index (χ2n) is 8.16. The summed E-state index contributed by atoms with van der Waals surface area (Å²) < 4.78 is 23.5. The normalized spacial score (nSPS) is 19.4. The number of carbonyl (C=O) groups is 1. The van der Waals surface area contributed by atoms with Gasteiger partial charge in [0.1, 0.15) is 5.75 Å². The number of hydrogen-bond acceptors (Lipinski definition) is 5. The van der Waals surface area contributed by atoms with Crippen molar-refractivity contribution in [3.8, 4) is 5.75 Å². The van der Waals surface area contributed by atoms with Crippen LogP contribution in [0.3, 0.4) is 0 Å². The highest BCUT2D eigenvalue weighted by Crippen LogP contribution is 2.40. The van der Waals surface area contributed by atoms with Crippen LogP contribution in [0, 0.1) is 0 Å². The van der Waals surface area contributed by atoms with Crippen LogP contribution in [0.2, 0.25) is 5.82 Å². The lowest BCUT2D eigenvalue weighted by Crippen LogP contribution is -2.41. The first-order chi connectivity index (χ1) is 13.1. The van der Waals surface area contributed by atoms with E-state index in [0.717, 1.165) is 17.7 Å². The van der Waals surface area contributed by atoms with Gasteiger partial charge in [0, 0.05) is 17.8 Å². The summed E-state index contributed by atoms with van der Waals surface area (Å²) in [6, 6.07) is 7.55. The number of esters is 1. The highest BCUT2D eigenvalue weighted by atomic mass is 16.7. The van der Waals surface area contributed by atoms with Gasteiger partial charge in [-0.1, -0.05) is 32.0 Å². The first-order valence-corrected chi connectivity index (χ1v) is 10.1. The molecule has 2 rings (SSSR count). The summed E-state index contributed by atoms with van der Waals surface area (Å²) in [7, 11) is -0.329. The Morgan fingerprint density at radius 1 is 1.14 bits per heavy atom. The van der Waals surface area contributed by atoms with Crippen LogP contribution in [0.25, 0.3) is 0 Å². The lowest BCUT2D eigenvalue weighted by atomic mass is 9.73. The van der Waals surface area contributed by atoms with Crippen LogP contribution in [0.15, 0.2) is 36.1 Å². The van der Waals surface area contributed by atoms with Gasteiger partial charge >= 0.3 is 13.1 Å². The van der Waals surface area contributed by atoms with E-state index in [2.05, 4.69) is 6.92 Å². The van der Waals surface area contributed by atoms with Crippen LogP contribution < -0.4 is 4.74 Å². The van der Waals surface area contributed by atoms with E-state index in [-0.39, 0.29) is 36.5 Å². The maximum atomic E-state index is 11.9. The zero-order valence-electron chi connectivity index (χ0n) is 18.2. The molecule has 6 heteroatoms. The van der Waals surface area contributed by atoms with Crippen LogP contribution in [-0.2, 0) is 25.3 Å². The Morgan fingerprint density at radius 2 is 1.75 bits per heavy atom. The fourth-order valence-corrected chi connectivity index (χ4v) is 2.96. The van der Waals surface area contributed by atoms with Gasteiger partial charge in [-0.25, -0.2) is 0 Å². The van der Waals surface area contributed by atoms with E-state index >= 15 is 0 Å². The first-order valence-electron chi connectivity index (χ1n) is 10.1. The first kappa shape index (κ1) is 22.5. The molecule has 0 radical (unpaired) electrons. The van der Waals surface area contributed by atoms with Crippen molar-refractivity contribution in [2.45, 2.75) is 78.3 Å². The fourth-order valence-electron chi connectivity index (χ4n) is 2.96. The van der Waals surface area contributed by atoms with Crippen molar-refractivity contribution in [2.24, 2.45) is 0 Å². The van der Waals surface area contributed by atoms with Gasteiger partial charge in [-0.15, -0.1) is 0 Å². The van der Waals surface area contributed by atoms with Crippen molar-refractivity contribution in [3.63, 3.8) is 0 Å². The Bertz CT molecular complexity index is 695. The molecule has 0 bridgehead atoms. The van der Waals surface area contributed by atoms with Crippen LogP contribution in [0.4, 0.5) is 0 Å². The minimum atomic E-state index is -0.362. The summed E-state index contributed by atoms with van der Waals surface area (Å²) in [6.45, 7) is 14.5. The molecule has 1 fully saturated rings. The van der Waals surface area contributed by atoms with Crippen LogP contribution in [-0.4, -0.2) is 30.9 Å². The Hall–Kier alpha value is -1.79. The molecule has 1 aromatic rings. The molecule has 1 saturated heterocycles. The maximum absolute atomic E-state index is 11.9. The molecule has 0 amide bonds. The highest BCUT2D eigenvalue weighted by Gasteiger charge is 2.52. The largest absolute Gasteiger partial charge is 0.466 e. The molecule has 0 spiro atoms. The standard InChI is InChI=1S/C22H33BO5/c1-8-18(14-16(3)23-27-21(4,5)22(6,7)28-23)26-19-13-11-10-12-17(19)15-20(24)25-9-2/h10-14,16H,8-9,15H2,1-7H3/b18-14+. The quantitative estimate of drug-likeness (QED) is 0.358. The minimum Gasteiger partial charge on any atom is -0.466 e. The Morgan fingerprint density at radius 3 is 2.32 bits per heavy atom. The van der Waals surface area contributed by atoms with Crippen LogP contribution in [0.1, 0.15) is 60.5 Å². The molecule has 1 aromatic carbocycles. The number of para-hydroxylation sites is 1. The number of carbonyl (C=O) groups excluding carboxylic acids is 1. The van der Waals surface area contributed by atoms with E-state index in [1.54, 1.807) is 6.92 Å². The SMILES string of the molecule is CCOC(=O)Cc1ccccc1O/C(=C/C(C)B1OC(C)(C)C(C)(C)O1)CC. The van der Waals surface area contributed by atoms with Gasteiger partial charge in [0.05, 0.1) is 30.0 Å². The van der Waals surface area contributed by atoms with Gasteiger partial charge in [0.2, 0.25) is 0 Å². The van der Waals surface area contributed by atoms with Crippen molar-refractivity contribution in [3.05, 3.63) is 41.7 Å². The van der Waals surface area contributed by atoms with E-state index in [1.807, 2.05) is 65.0 Å². The predicted molar refractivity (Wildman–Crippen MR) is 111 cm³/mol. The second kappa shape index (κ2) is 9.14. The average Bonchev–Trinajstić information content (AvgIpc) is 2.84. The highest BCUT2D eigenvalue weighted by molar-refractivity contribution is 6.48. The number of rotatable bonds is 8. The molecule has 0 saturated carbocycles. The molecule has 0 aliphatic carbocycles. The van der Waals surface area contributed by atoms with Gasteiger partial charge in [0.25, 0.3) is 0 Å². The van der Waals surface area contributed by atoms with E-state index in [1.165, 1.54) is 0 Å². The molecular formula is C22H33BO5. The molecular weight excluding hydrogens is 355 g/mol. The Labute approximate surface area is 169 Å². The third-order valence-electron chi connectivity index (χ3n) is 5.35. The minimum absolute atomic E-state index is 0.0215. The summed E-state index contributed by atoms with van der Waals surface area (Å²) in [5.74, 6) is 1.25. The van der Waals surface area contributed by atoms with Crippen LogP contribution in [0.5, 0.6) is 5.75 Å². The Balaban J connectivity index is 2.13. The topological polar surface area (TPSA) is 54.0 Å². The van der Waals surface area contributed by atoms with E-state index in [0.29, 0.717) is 12.4 Å². The zero-order chi connectivity index (χ0) is 20.9. The summed E-state index contributed by atoms with van der Waals surface area (Å²) in [5.41, 5.74) is 0.0851. The zero-order valence-corrected chi connectivity index (χ0v) is 18.2. The van der Waals surface area contributed by atoms with Gasteiger partial charge in [0.15, 0.2) is 0 Å². The third kappa shape index (κ3) is 5.39. The number of allylic oxidation sites excluding steroid dienone is 2. The molecule has 154 valence electrons. The summed E-state index contributed by atoms with van der Waals surface area (Å²) in [4.78, 5) is 11.9. The Kier molecular flexibility index (Phi) is 7.35. The van der Waals surface area contributed by atoms with Crippen molar-refractivity contribution < 1.29 is 23.6 Å². The van der Waals surface area contributed by atoms with Crippen molar-refractivity contribution in [1.82, 2.24) is 0 Å². The number of hydrogen-bond donors (Lipinski definition) is 0. The van der Waals surface area contributed by atoms with Gasteiger partial charge in [-0.2, -0.15) is 0 Å². The lowest BCUT2D eigenvalue weighted by molar-refractivity contribution is -0.142. The molecule has 1 unspecified atom stereocenters.